The largest absolute Gasteiger partial charge is 0.398 e. The number of nitrogens with one attached hydrogen (secondary N) is 1. The second-order valence-corrected chi connectivity index (χ2v) is 5.25. The van der Waals surface area contributed by atoms with Gasteiger partial charge in [-0.2, -0.15) is 0 Å². The number of pyridine rings is 1. The van der Waals surface area contributed by atoms with Gasteiger partial charge in [0.15, 0.2) is 0 Å². The maximum absolute atomic E-state index is 12.1. The predicted octanol–water partition coefficient (Wildman–Crippen LogP) is 1.19. The molecule has 5 nitrogen and oxygen atoms in total. The summed E-state index contributed by atoms with van der Waals surface area (Å²) < 4.78 is 0. The Hall–Kier alpha value is -1.62. The molecular formula is C14H22N4O. The number of nitrogens with zero attached hydrogens (tertiary/aromatic N) is 2. The minimum absolute atomic E-state index is 0.135. The van der Waals surface area contributed by atoms with Crippen molar-refractivity contribution in [3.05, 3.63) is 23.5 Å². The number of anilines is 1. The summed E-state index contributed by atoms with van der Waals surface area (Å²) >= 11 is 0. The maximum Gasteiger partial charge on any atom is 0.255 e. The molecule has 104 valence electrons. The fourth-order valence-electron chi connectivity index (χ4n) is 2.48. The van der Waals surface area contributed by atoms with Crippen molar-refractivity contribution in [2.45, 2.75) is 32.2 Å². The number of aryl methyl sites for hydroxylation is 1. The molecule has 1 aromatic rings. The molecule has 1 aliphatic heterocycles. The number of piperidine rings is 1. The number of nitrogen functional groups attached to an aromatic ring is 1. The minimum atomic E-state index is -0.135. The molecule has 1 atom stereocenters. The van der Waals surface area contributed by atoms with E-state index in [-0.39, 0.29) is 5.91 Å². The van der Waals surface area contributed by atoms with Crippen molar-refractivity contribution in [3.8, 4) is 0 Å². The fourth-order valence-corrected chi connectivity index (χ4v) is 2.48. The number of hydrogen-bond acceptors (Lipinski definition) is 4. The molecule has 1 unspecified atom stereocenters. The van der Waals surface area contributed by atoms with Gasteiger partial charge in [-0.25, -0.2) is 0 Å². The van der Waals surface area contributed by atoms with Crippen molar-refractivity contribution in [3.63, 3.8) is 0 Å². The van der Waals surface area contributed by atoms with Crippen LogP contribution in [0.2, 0.25) is 0 Å². The number of amides is 1. The minimum Gasteiger partial charge on any atom is -0.398 e. The molecule has 1 saturated heterocycles. The fraction of sp³-hybridized carbons (Fsp3) is 0.571. The van der Waals surface area contributed by atoms with Gasteiger partial charge in [0.05, 0.1) is 5.56 Å². The number of rotatable bonds is 3. The lowest BCUT2D eigenvalue weighted by atomic mass is 10.0. The second-order valence-electron chi connectivity index (χ2n) is 5.25. The van der Waals surface area contributed by atoms with Crippen LogP contribution >= 0.6 is 0 Å². The molecule has 0 aliphatic carbocycles. The van der Waals surface area contributed by atoms with Crippen LogP contribution in [0.3, 0.4) is 0 Å². The van der Waals surface area contributed by atoms with Gasteiger partial charge in [0.2, 0.25) is 0 Å². The summed E-state index contributed by atoms with van der Waals surface area (Å²) in [4.78, 5) is 18.5. The average molecular weight is 262 g/mol. The highest BCUT2D eigenvalue weighted by atomic mass is 16.1. The molecule has 1 fully saturated rings. The highest BCUT2D eigenvalue weighted by molar-refractivity contribution is 5.98. The summed E-state index contributed by atoms with van der Waals surface area (Å²) in [6, 6.07) is 2.15. The Morgan fingerprint density at radius 2 is 2.37 bits per heavy atom. The Bertz CT molecular complexity index is 461. The number of carbonyl (C=O) groups is 1. The van der Waals surface area contributed by atoms with Gasteiger partial charge in [-0.15, -0.1) is 0 Å². The van der Waals surface area contributed by atoms with Crippen molar-refractivity contribution >= 4 is 11.6 Å². The number of nitrogens with two attached hydrogens (primary N) is 1. The number of carbonyl (C=O) groups excluding carboxylic acids is 1. The van der Waals surface area contributed by atoms with Crippen LogP contribution in [0.15, 0.2) is 12.3 Å². The molecule has 0 aromatic carbocycles. The van der Waals surface area contributed by atoms with Crippen molar-refractivity contribution in [1.82, 2.24) is 15.2 Å². The third-order valence-electron chi connectivity index (χ3n) is 3.74. The van der Waals surface area contributed by atoms with Crippen LogP contribution in [-0.2, 0) is 0 Å². The Balaban J connectivity index is 1.93. The highest BCUT2D eigenvalue weighted by Gasteiger charge is 2.20. The number of aromatic nitrogens is 1. The quantitative estimate of drug-likeness (QED) is 0.858. The summed E-state index contributed by atoms with van der Waals surface area (Å²) in [6.07, 6.45) is 5.16. The van der Waals surface area contributed by atoms with E-state index < -0.39 is 0 Å². The first-order valence-electron chi connectivity index (χ1n) is 6.78. The van der Waals surface area contributed by atoms with E-state index in [0.29, 0.717) is 23.8 Å². The van der Waals surface area contributed by atoms with E-state index in [1.165, 1.54) is 12.8 Å². The molecule has 1 amide bonds. The lowest BCUT2D eigenvalue weighted by Crippen LogP contribution is -2.44. The van der Waals surface area contributed by atoms with Crippen LogP contribution in [0.1, 0.15) is 35.3 Å². The number of likely N-dealkylation sites (N-methyl/N-ethyl adjacent to an activating group) is 1. The van der Waals surface area contributed by atoms with E-state index in [1.54, 1.807) is 12.3 Å². The van der Waals surface area contributed by atoms with Crippen LogP contribution in [0.4, 0.5) is 5.69 Å². The van der Waals surface area contributed by atoms with Gasteiger partial charge < -0.3 is 16.0 Å². The predicted molar refractivity (Wildman–Crippen MR) is 76.0 cm³/mol. The number of hydrogen-bond donors (Lipinski definition) is 2. The first-order valence-corrected chi connectivity index (χ1v) is 6.78. The van der Waals surface area contributed by atoms with E-state index in [9.17, 15) is 4.79 Å². The van der Waals surface area contributed by atoms with Gasteiger partial charge >= 0.3 is 0 Å². The smallest absolute Gasteiger partial charge is 0.255 e. The SMILES string of the molecule is Cc1cc(N)c(C(=O)NCC2CCCCN2C)cn1. The topological polar surface area (TPSA) is 71.2 Å². The lowest BCUT2D eigenvalue weighted by Gasteiger charge is -2.32. The van der Waals surface area contributed by atoms with Crippen LogP contribution in [0.25, 0.3) is 0 Å². The summed E-state index contributed by atoms with van der Waals surface area (Å²) in [5.74, 6) is -0.135. The van der Waals surface area contributed by atoms with Gasteiger partial charge in [0.25, 0.3) is 5.91 Å². The molecule has 0 radical (unpaired) electrons. The van der Waals surface area contributed by atoms with E-state index in [0.717, 1.165) is 18.7 Å². The Morgan fingerprint density at radius 1 is 1.58 bits per heavy atom. The normalized spacial score (nSPS) is 20.2. The van der Waals surface area contributed by atoms with Gasteiger partial charge in [0.1, 0.15) is 0 Å². The first-order chi connectivity index (χ1) is 9.08. The Morgan fingerprint density at radius 3 is 3.05 bits per heavy atom. The zero-order valence-electron chi connectivity index (χ0n) is 11.6. The van der Waals surface area contributed by atoms with Crippen LogP contribution < -0.4 is 11.1 Å². The lowest BCUT2D eigenvalue weighted by molar-refractivity contribution is 0.0929. The van der Waals surface area contributed by atoms with Crippen molar-refractivity contribution in [2.24, 2.45) is 0 Å². The average Bonchev–Trinajstić information content (AvgIpc) is 2.37. The van der Waals surface area contributed by atoms with Gasteiger partial charge in [0, 0.05) is 30.2 Å². The van der Waals surface area contributed by atoms with E-state index in [2.05, 4.69) is 22.2 Å². The molecule has 0 saturated carbocycles. The molecule has 1 aromatic heterocycles. The Labute approximate surface area is 114 Å². The van der Waals surface area contributed by atoms with Crippen molar-refractivity contribution < 1.29 is 4.79 Å². The molecule has 0 spiro atoms. The third kappa shape index (κ3) is 3.44. The van der Waals surface area contributed by atoms with E-state index in [4.69, 9.17) is 5.73 Å². The summed E-state index contributed by atoms with van der Waals surface area (Å²) in [7, 11) is 2.11. The second kappa shape index (κ2) is 6.02. The Kier molecular flexibility index (Phi) is 4.37. The molecule has 1 aliphatic rings. The molecule has 2 heterocycles. The maximum atomic E-state index is 12.1. The van der Waals surface area contributed by atoms with Gasteiger partial charge in [-0.1, -0.05) is 6.42 Å². The molecule has 5 heteroatoms. The summed E-state index contributed by atoms with van der Waals surface area (Å²) in [5.41, 5.74) is 7.62. The van der Waals surface area contributed by atoms with Crippen molar-refractivity contribution in [1.29, 1.82) is 0 Å². The molecule has 0 bridgehead atoms. The summed E-state index contributed by atoms with van der Waals surface area (Å²) in [5, 5.41) is 2.96. The van der Waals surface area contributed by atoms with E-state index in [1.807, 2.05) is 6.92 Å². The van der Waals surface area contributed by atoms with Crippen LogP contribution in [-0.4, -0.2) is 42.0 Å². The molecular weight excluding hydrogens is 240 g/mol. The van der Waals surface area contributed by atoms with Gasteiger partial charge in [-0.05, 0) is 39.4 Å². The monoisotopic (exact) mass is 262 g/mol. The summed E-state index contributed by atoms with van der Waals surface area (Å²) in [6.45, 7) is 3.63. The first kappa shape index (κ1) is 13.8. The molecule has 2 rings (SSSR count). The van der Waals surface area contributed by atoms with Gasteiger partial charge in [-0.3, -0.25) is 9.78 Å². The zero-order chi connectivity index (χ0) is 13.8. The zero-order valence-corrected chi connectivity index (χ0v) is 11.6. The van der Waals surface area contributed by atoms with E-state index >= 15 is 0 Å². The van der Waals surface area contributed by atoms with Crippen LogP contribution in [0, 0.1) is 6.92 Å². The van der Waals surface area contributed by atoms with Crippen molar-refractivity contribution in [2.75, 3.05) is 25.9 Å². The molecule has 19 heavy (non-hydrogen) atoms. The number of likely N-dealkylation sites (tertiary alicyclic amines) is 1. The standard InChI is InChI=1S/C14H22N4O/c1-10-7-13(15)12(9-16-10)14(19)17-8-11-5-3-4-6-18(11)2/h7,9,11H,3-6,8H2,1-2H3,(H2,15,16)(H,17,19). The molecule has 3 N–H and O–H groups in total. The highest BCUT2D eigenvalue weighted by Crippen LogP contribution is 2.15. The van der Waals surface area contributed by atoms with Crippen LogP contribution in [0.5, 0.6) is 0 Å². The third-order valence-corrected chi connectivity index (χ3v) is 3.74.